The number of halogens is 1. The fraction of sp³-hybridized carbons (Fsp3) is 0.0952. The van der Waals surface area contributed by atoms with E-state index in [1.807, 2.05) is 42.5 Å². The van der Waals surface area contributed by atoms with Gasteiger partial charge in [0.25, 0.3) is 0 Å². The minimum atomic E-state index is -0.396. The van der Waals surface area contributed by atoms with Crippen molar-refractivity contribution in [2.75, 3.05) is 17.2 Å². The average molecular weight is 350 g/mol. The largest absolute Gasteiger partial charge is 0.487 e. The molecule has 0 saturated heterocycles. The van der Waals surface area contributed by atoms with Crippen molar-refractivity contribution >= 4 is 17.3 Å². The van der Waals surface area contributed by atoms with Gasteiger partial charge in [-0.25, -0.2) is 4.39 Å². The van der Waals surface area contributed by atoms with E-state index in [0.29, 0.717) is 18.0 Å². The first-order valence-electron chi connectivity index (χ1n) is 8.26. The summed E-state index contributed by atoms with van der Waals surface area (Å²) in [6.45, 7) is 0.356. The van der Waals surface area contributed by atoms with Crippen LogP contribution >= 0.6 is 0 Å². The van der Waals surface area contributed by atoms with Gasteiger partial charge in [-0.1, -0.05) is 54.6 Å². The van der Waals surface area contributed by atoms with E-state index in [4.69, 9.17) is 4.74 Å². The van der Waals surface area contributed by atoms with E-state index in [1.165, 1.54) is 6.07 Å². The molecule has 0 spiro atoms. The molecule has 132 valence electrons. The van der Waals surface area contributed by atoms with Crippen molar-refractivity contribution in [3.05, 3.63) is 90.2 Å². The fourth-order valence-corrected chi connectivity index (χ4v) is 2.41. The molecular weight excluding hydrogens is 331 g/mol. The summed E-state index contributed by atoms with van der Waals surface area (Å²) in [4.78, 5) is 12.2. The highest BCUT2D eigenvalue weighted by Gasteiger charge is 2.09. The van der Waals surface area contributed by atoms with Gasteiger partial charge in [-0.05, 0) is 29.8 Å². The SMILES string of the molecule is O=C(CNc1ccccc1F)Nc1ccccc1OCc1ccccc1. The molecule has 4 nitrogen and oxygen atoms in total. The molecule has 0 radical (unpaired) electrons. The lowest BCUT2D eigenvalue weighted by molar-refractivity contribution is -0.114. The van der Waals surface area contributed by atoms with Crippen LogP contribution in [0, 0.1) is 5.82 Å². The molecule has 0 bridgehead atoms. The topological polar surface area (TPSA) is 50.4 Å². The normalized spacial score (nSPS) is 10.2. The molecule has 3 aromatic carbocycles. The van der Waals surface area contributed by atoms with E-state index in [2.05, 4.69) is 10.6 Å². The van der Waals surface area contributed by atoms with Crippen molar-refractivity contribution in [3.8, 4) is 5.75 Å². The predicted octanol–water partition coefficient (Wildman–Crippen LogP) is 4.46. The summed E-state index contributed by atoms with van der Waals surface area (Å²) in [6.07, 6.45) is 0. The van der Waals surface area contributed by atoms with Gasteiger partial charge >= 0.3 is 0 Å². The first-order chi connectivity index (χ1) is 12.7. The lowest BCUT2D eigenvalue weighted by Crippen LogP contribution is -2.22. The molecule has 5 heteroatoms. The highest BCUT2D eigenvalue weighted by molar-refractivity contribution is 5.95. The van der Waals surface area contributed by atoms with Gasteiger partial charge in [-0.15, -0.1) is 0 Å². The maximum Gasteiger partial charge on any atom is 0.243 e. The van der Waals surface area contributed by atoms with Crippen molar-refractivity contribution < 1.29 is 13.9 Å². The Morgan fingerprint density at radius 3 is 2.27 bits per heavy atom. The van der Waals surface area contributed by atoms with Crippen LogP contribution in [0.15, 0.2) is 78.9 Å². The third-order valence-corrected chi connectivity index (χ3v) is 3.71. The van der Waals surface area contributed by atoms with Gasteiger partial charge in [0.15, 0.2) is 0 Å². The third kappa shape index (κ3) is 4.83. The Morgan fingerprint density at radius 1 is 0.846 bits per heavy atom. The highest BCUT2D eigenvalue weighted by atomic mass is 19.1. The number of anilines is 2. The van der Waals surface area contributed by atoms with Crippen molar-refractivity contribution in [2.45, 2.75) is 6.61 Å². The summed E-state index contributed by atoms with van der Waals surface area (Å²) in [6, 6.07) is 23.2. The van der Waals surface area contributed by atoms with Crippen molar-refractivity contribution in [1.29, 1.82) is 0 Å². The molecule has 0 saturated carbocycles. The second-order valence-corrected chi connectivity index (χ2v) is 5.65. The Hall–Kier alpha value is -3.34. The fourth-order valence-electron chi connectivity index (χ4n) is 2.41. The number of hydrogen-bond acceptors (Lipinski definition) is 3. The van der Waals surface area contributed by atoms with E-state index in [0.717, 1.165) is 5.56 Å². The molecule has 0 aliphatic heterocycles. The van der Waals surface area contributed by atoms with Crippen LogP contribution in [-0.4, -0.2) is 12.5 Å². The molecule has 2 N–H and O–H groups in total. The standard InChI is InChI=1S/C21H19FN2O2/c22-17-10-4-5-11-18(17)23-14-21(25)24-19-12-6-7-13-20(19)26-15-16-8-2-1-3-9-16/h1-13,23H,14-15H2,(H,24,25). The van der Waals surface area contributed by atoms with E-state index in [9.17, 15) is 9.18 Å². The Bertz CT molecular complexity index is 869. The molecule has 0 heterocycles. The molecule has 0 aliphatic carbocycles. The minimum absolute atomic E-state index is 0.0477. The lowest BCUT2D eigenvalue weighted by atomic mass is 10.2. The number of carbonyl (C=O) groups is 1. The summed E-state index contributed by atoms with van der Waals surface area (Å²) in [5.74, 6) is -0.105. The summed E-state index contributed by atoms with van der Waals surface area (Å²) in [5, 5.41) is 5.57. The van der Waals surface area contributed by atoms with Crippen LogP contribution in [0.25, 0.3) is 0 Å². The van der Waals surface area contributed by atoms with E-state index >= 15 is 0 Å². The number of benzene rings is 3. The number of ether oxygens (including phenoxy) is 1. The maximum absolute atomic E-state index is 13.6. The minimum Gasteiger partial charge on any atom is -0.487 e. The second-order valence-electron chi connectivity index (χ2n) is 5.65. The second kappa shape index (κ2) is 8.67. The van der Waals surface area contributed by atoms with Gasteiger partial charge in [0.2, 0.25) is 5.91 Å². The number of amides is 1. The molecular formula is C21H19FN2O2. The van der Waals surface area contributed by atoms with Crippen LogP contribution in [0.4, 0.5) is 15.8 Å². The van der Waals surface area contributed by atoms with Crippen LogP contribution in [0.1, 0.15) is 5.56 Å². The average Bonchev–Trinajstić information content (AvgIpc) is 2.67. The number of hydrogen-bond donors (Lipinski definition) is 2. The number of rotatable bonds is 7. The summed E-state index contributed by atoms with van der Waals surface area (Å²) in [7, 11) is 0. The molecule has 0 aromatic heterocycles. The molecule has 3 aromatic rings. The first kappa shape index (κ1) is 17.5. The van der Waals surface area contributed by atoms with Crippen LogP contribution in [0.3, 0.4) is 0 Å². The molecule has 0 fully saturated rings. The zero-order chi connectivity index (χ0) is 18.2. The zero-order valence-electron chi connectivity index (χ0n) is 14.1. The van der Waals surface area contributed by atoms with Crippen LogP contribution < -0.4 is 15.4 Å². The molecule has 3 rings (SSSR count). The smallest absolute Gasteiger partial charge is 0.243 e. The molecule has 0 aliphatic rings. The van der Waals surface area contributed by atoms with E-state index in [1.54, 1.807) is 30.3 Å². The first-order valence-corrected chi connectivity index (χ1v) is 8.26. The zero-order valence-corrected chi connectivity index (χ0v) is 14.1. The molecule has 26 heavy (non-hydrogen) atoms. The Labute approximate surface area is 151 Å². The van der Waals surface area contributed by atoms with Gasteiger partial charge in [0.05, 0.1) is 17.9 Å². The number of nitrogens with one attached hydrogen (secondary N) is 2. The van der Waals surface area contributed by atoms with Gasteiger partial charge < -0.3 is 15.4 Å². The number of carbonyl (C=O) groups excluding carboxylic acids is 1. The number of para-hydroxylation sites is 3. The lowest BCUT2D eigenvalue weighted by Gasteiger charge is -2.13. The monoisotopic (exact) mass is 350 g/mol. The van der Waals surface area contributed by atoms with Crippen molar-refractivity contribution in [3.63, 3.8) is 0 Å². The van der Waals surface area contributed by atoms with Gasteiger partial charge in [-0.2, -0.15) is 0 Å². The Kier molecular flexibility index (Phi) is 5.83. The Balaban J connectivity index is 1.59. The van der Waals surface area contributed by atoms with E-state index in [-0.39, 0.29) is 18.1 Å². The van der Waals surface area contributed by atoms with Gasteiger partial charge in [0.1, 0.15) is 18.2 Å². The van der Waals surface area contributed by atoms with Crippen molar-refractivity contribution in [1.82, 2.24) is 0 Å². The van der Waals surface area contributed by atoms with Crippen LogP contribution in [-0.2, 0) is 11.4 Å². The maximum atomic E-state index is 13.6. The van der Waals surface area contributed by atoms with Gasteiger partial charge in [-0.3, -0.25) is 4.79 Å². The van der Waals surface area contributed by atoms with Crippen LogP contribution in [0.2, 0.25) is 0 Å². The molecule has 0 unspecified atom stereocenters. The summed E-state index contributed by atoms with van der Waals surface area (Å²) in [5.41, 5.74) is 1.90. The van der Waals surface area contributed by atoms with Crippen LogP contribution in [0.5, 0.6) is 5.75 Å². The molecule has 0 atom stereocenters. The highest BCUT2D eigenvalue weighted by Crippen LogP contribution is 2.24. The quantitative estimate of drug-likeness (QED) is 0.662. The predicted molar refractivity (Wildman–Crippen MR) is 101 cm³/mol. The third-order valence-electron chi connectivity index (χ3n) is 3.71. The van der Waals surface area contributed by atoms with E-state index < -0.39 is 5.82 Å². The summed E-state index contributed by atoms with van der Waals surface area (Å²) >= 11 is 0. The molecule has 1 amide bonds. The van der Waals surface area contributed by atoms with Crippen molar-refractivity contribution in [2.24, 2.45) is 0 Å². The van der Waals surface area contributed by atoms with Gasteiger partial charge in [0, 0.05) is 0 Å². The summed E-state index contributed by atoms with van der Waals surface area (Å²) < 4.78 is 19.4. The Morgan fingerprint density at radius 2 is 1.50 bits per heavy atom.